The molecule has 1 unspecified atom stereocenters. The zero-order valence-electron chi connectivity index (χ0n) is 9.89. The van der Waals surface area contributed by atoms with Gasteiger partial charge in [0, 0.05) is 16.6 Å². The van der Waals surface area contributed by atoms with Crippen LogP contribution in [0, 0.1) is 5.82 Å². The standard InChI is InChI=1S/C13H19ClFN/c1-3-5-6-13(16-4-2)11-9-10(14)7-8-12(11)15/h7-9,13,16H,3-6H2,1-2H3. The molecule has 0 saturated heterocycles. The van der Waals surface area contributed by atoms with Gasteiger partial charge in [-0.25, -0.2) is 4.39 Å². The predicted molar refractivity (Wildman–Crippen MR) is 67.4 cm³/mol. The third kappa shape index (κ3) is 3.76. The van der Waals surface area contributed by atoms with E-state index < -0.39 is 0 Å². The largest absolute Gasteiger partial charge is 0.310 e. The van der Waals surface area contributed by atoms with Crippen LogP contribution < -0.4 is 5.32 Å². The van der Waals surface area contributed by atoms with Gasteiger partial charge in [0.2, 0.25) is 0 Å². The highest BCUT2D eigenvalue weighted by Crippen LogP contribution is 2.25. The topological polar surface area (TPSA) is 12.0 Å². The Morgan fingerprint density at radius 2 is 2.12 bits per heavy atom. The van der Waals surface area contributed by atoms with E-state index in [9.17, 15) is 4.39 Å². The Bertz CT molecular complexity index is 328. The van der Waals surface area contributed by atoms with Crippen LogP contribution in [0.1, 0.15) is 44.7 Å². The second-order valence-electron chi connectivity index (χ2n) is 3.92. The summed E-state index contributed by atoms with van der Waals surface area (Å²) in [6.07, 6.45) is 3.15. The molecule has 0 aliphatic carbocycles. The minimum Gasteiger partial charge on any atom is -0.310 e. The molecule has 1 N–H and O–H groups in total. The van der Waals surface area contributed by atoms with Crippen molar-refractivity contribution >= 4 is 11.6 Å². The summed E-state index contributed by atoms with van der Waals surface area (Å²) in [7, 11) is 0. The second kappa shape index (κ2) is 6.87. The Hall–Kier alpha value is -0.600. The number of nitrogens with one attached hydrogen (secondary N) is 1. The number of rotatable bonds is 6. The molecule has 90 valence electrons. The smallest absolute Gasteiger partial charge is 0.128 e. The summed E-state index contributed by atoms with van der Waals surface area (Å²) in [5.74, 6) is -0.175. The first-order valence-corrected chi connectivity index (χ1v) is 6.25. The van der Waals surface area contributed by atoms with Crippen LogP contribution in [-0.2, 0) is 0 Å². The van der Waals surface area contributed by atoms with Crippen molar-refractivity contribution in [2.75, 3.05) is 6.54 Å². The van der Waals surface area contributed by atoms with Gasteiger partial charge in [-0.1, -0.05) is 38.3 Å². The van der Waals surface area contributed by atoms with E-state index >= 15 is 0 Å². The van der Waals surface area contributed by atoms with Crippen LogP contribution in [-0.4, -0.2) is 6.54 Å². The first-order valence-electron chi connectivity index (χ1n) is 5.87. The Kier molecular flexibility index (Phi) is 5.78. The summed E-state index contributed by atoms with van der Waals surface area (Å²) in [6.45, 7) is 5.00. The maximum Gasteiger partial charge on any atom is 0.128 e. The highest BCUT2D eigenvalue weighted by molar-refractivity contribution is 6.30. The second-order valence-corrected chi connectivity index (χ2v) is 4.35. The molecule has 0 aromatic heterocycles. The van der Waals surface area contributed by atoms with Gasteiger partial charge in [0.25, 0.3) is 0 Å². The SMILES string of the molecule is CCCCC(NCC)c1cc(Cl)ccc1F. The molecule has 1 aromatic rings. The zero-order chi connectivity index (χ0) is 12.0. The average Bonchev–Trinajstić information content (AvgIpc) is 2.28. The summed E-state index contributed by atoms with van der Waals surface area (Å²) in [4.78, 5) is 0. The molecular weight excluding hydrogens is 225 g/mol. The lowest BCUT2D eigenvalue weighted by Gasteiger charge is -2.19. The average molecular weight is 244 g/mol. The van der Waals surface area contributed by atoms with Crippen LogP contribution >= 0.6 is 11.6 Å². The number of unbranched alkanes of at least 4 members (excludes halogenated alkanes) is 1. The maximum atomic E-state index is 13.7. The van der Waals surface area contributed by atoms with Crippen molar-refractivity contribution in [1.82, 2.24) is 5.32 Å². The van der Waals surface area contributed by atoms with Crippen LogP contribution in [0.2, 0.25) is 5.02 Å². The van der Waals surface area contributed by atoms with Crippen molar-refractivity contribution in [3.8, 4) is 0 Å². The van der Waals surface area contributed by atoms with E-state index in [1.165, 1.54) is 6.07 Å². The Morgan fingerprint density at radius 1 is 1.38 bits per heavy atom. The van der Waals surface area contributed by atoms with E-state index in [0.29, 0.717) is 10.6 Å². The molecule has 0 amide bonds. The minimum absolute atomic E-state index is 0.0728. The Morgan fingerprint density at radius 3 is 2.75 bits per heavy atom. The lowest BCUT2D eigenvalue weighted by molar-refractivity contribution is 0.470. The van der Waals surface area contributed by atoms with E-state index in [1.807, 2.05) is 6.92 Å². The first kappa shape index (κ1) is 13.5. The highest BCUT2D eigenvalue weighted by Gasteiger charge is 2.14. The molecule has 0 saturated carbocycles. The van der Waals surface area contributed by atoms with Gasteiger partial charge in [-0.2, -0.15) is 0 Å². The third-order valence-electron chi connectivity index (χ3n) is 2.63. The van der Waals surface area contributed by atoms with Crippen LogP contribution in [0.25, 0.3) is 0 Å². The maximum absolute atomic E-state index is 13.7. The quantitative estimate of drug-likeness (QED) is 0.785. The zero-order valence-corrected chi connectivity index (χ0v) is 10.6. The van der Waals surface area contributed by atoms with Gasteiger partial charge < -0.3 is 5.32 Å². The molecule has 0 radical (unpaired) electrons. The van der Waals surface area contributed by atoms with Crippen molar-refractivity contribution in [2.24, 2.45) is 0 Å². The molecule has 1 aromatic carbocycles. The summed E-state index contributed by atoms with van der Waals surface area (Å²) >= 11 is 5.90. The van der Waals surface area contributed by atoms with Crippen LogP contribution in [0.5, 0.6) is 0 Å². The van der Waals surface area contributed by atoms with Crippen LogP contribution in [0.4, 0.5) is 4.39 Å². The van der Waals surface area contributed by atoms with Crippen molar-refractivity contribution in [3.63, 3.8) is 0 Å². The van der Waals surface area contributed by atoms with E-state index in [4.69, 9.17) is 11.6 Å². The molecule has 3 heteroatoms. The van der Waals surface area contributed by atoms with Crippen molar-refractivity contribution in [1.29, 1.82) is 0 Å². The van der Waals surface area contributed by atoms with Gasteiger partial charge in [0.15, 0.2) is 0 Å². The molecule has 0 heterocycles. The number of hydrogen-bond donors (Lipinski definition) is 1. The summed E-state index contributed by atoms with van der Waals surface area (Å²) in [5, 5.41) is 3.90. The first-order chi connectivity index (χ1) is 7.69. The van der Waals surface area contributed by atoms with Gasteiger partial charge >= 0.3 is 0 Å². The van der Waals surface area contributed by atoms with Gasteiger partial charge in [0.1, 0.15) is 5.82 Å². The van der Waals surface area contributed by atoms with Crippen LogP contribution in [0.15, 0.2) is 18.2 Å². The van der Waals surface area contributed by atoms with E-state index in [-0.39, 0.29) is 11.9 Å². The molecule has 0 bridgehead atoms. The van der Waals surface area contributed by atoms with E-state index in [1.54, 1.807) is 12.1 Å². The molecule has 0 fully saturated rings. The summed E-state index contributed by atoms with van der Waals surface area (Å²) in [6, 6.07) is 4.82. The fraction of sp³-hybridized carbons (Fsp3) is 0.538. The van der Waals surface area contributed by atoms with Crippen LogP contribution in [0.3, 0.4) is 0 Å². The van der Waals surface area contributed by atoms with Crippen molar-refractivity contribution in [3.05, 3.63) is 34.6 Å². The van der Waals surface area contributed by atoms with Crippen molar-refractivity contribution < 1.29 is 4.39 Å². The summed E-state index contributed by atoms with van der Waals surface area (Å²) < 4.78 is 13.7. The monoisotopic (exact) mass is 243 g/mol. The fourth-order valence-electron chi connectivity index (χ4n) is 1.80. The lowest BCUT2D eigenvalue weighted by Crippen LogP contribution is -2.21. The minimum atomic E-state index is -0.175. The fourth-order valence-corrected chi connectivity index (χ4v) is 1.98. The molecule has 16 heavy (non-hydrogen) atoms. The number of benzene rings is 1. The molecule has 0 spiro atoms. The normalized spacial score (nSPS) is 12.8. The Balaban J connectivity index is 2.85. The Labute approximate surface area is 102 Å². The molecular formula is C13H19ClFN. The number of halogens is 2. The molecule has 1 rings (SSSR count). The lowest BCUT2D eigenvalue weighted by atomic mass is 10.0. The molecule has 0 aliphatic rings. The molecule has 1 nitrogen and oxygen atoms in total. The van der Waals surface area contributed by atoms with E-state index in [0.717, 1.165) is 25.8 Å². The van der Waals surface area contributed by atoms with Crippen molar-refractivity contribution in [2.45, 2.75) is 39.2 Å². The van der Waals surface area contributed by atoms with E-state index in [2.05, 4.69) is 12.2 Å². The highest BCUT2D eigenvalue weighted by atomic mass is 35.5. The van der Waals surface area contributed by atoms with Gasteiger partial charge in [0.05, 0.1) is 0 Å². The van der Waals surface area contributed by atoms with Gasteiger partial charge in [-0.05, 0) is 31.2 Å². The molecule has 1 atom stereocenters. The third-order valence-corrected chi connectivity index (χ3v) is 2.87. The van der Waals surface area contributed by atoms with Gasteiger partial charge in [-0.3, -0.25) is 0 Å². The number of hydrogen-bond acceptors (Lipinski definition) is 1. The molecule has 0 aliphatic heterocycles. The summed E-state index contributed by atoms with van der Waals surface area (Å²) in [5.41, 5.74) is 0.683. The predicted octanol–water partition coefficient (Wildman–Crippen LogP) is 4.32. The van der Waals surface area contributed by atoms with Gasteiger partial charge in [-0.15, -0.1) is 0 Å².